The third kappa shape index (κ3) is 6.60. The van der Waals surface area contributed by atoms with Crippen molar-refractivity contribution in [1.82, 2.24) is 4.98 Å². The maximum absolute atomic E-state index is 4.84. The van der Waals surface area contributed by atoms with E-state index in [4.69, 9.17) is 4.98 Å². The fraction of sp³-hybridized carbons (Fsp3) is 0.815. The minimum Gasteiger partial charge on any atom is -0.261 e. The van der Waals surface area contributed by atoms with Gasteiger partial charge in [-0.1, -0.05) is 71.3 Å². The van der Waals surface area contributed by atoms with Crippen LogP contribution >= 0.6 is 0 Å². The van der Waals surface area contributed by atoms with Gasteiger partial charge in [-0.3, -0.25) is 4.98 Å². The summed E-state index contributed by atoms with van der Waals surface area (Å²) in [6.07, 6.45) is 24.9. The first-order valence-electron chi connectivity index (χ1n) is 12.7. The van der Waals surface area contributed by atoms with Crippen molar-refractivity contribution in [3.63, 3.8) is 0 Å². The molecule has 1 nitrogen and oxygen atoms in total. The number of aryl methyl sites for hydroxylation is 1. The molecule has 0 atom stereocenters. The third-order valence-electron chi connectivity index (χ3n) is 7.88. The van der Waals surface area contributed by atoms with E-state index in [2.05, 4.69) is 32.2 Å². The molecule has 0 amide bonds. The van der Waals surface area contributed by atoms with Gasteiger partial charge < -0.3 is 0 Å². The number of pyridine rings is 1. The molecule has 2 saturated carbocycles. The van der Waals surface area contributed by atoms with Crippen LogP contribution in [0, 0.1) is 17.8 Å². The molecule has 2 aliphatic rings. The molecular formula is C27H45N. The summed E-state index contributed by atoms with van der Waals surface area (Å²) in [5.74, 6) is 3.84. The van der Waals surface area contributed by atoms with Gasteiger partial charge in [0, 0.05) is 17.8 Å². The van der Waals surface area contributed by atoms with Crippen LogP contribution in [0.15, 0.2) is 18.3 Å². The molecule has 2 aliphatic carbocycles. The van der Waals surface area contributed by atoms with Crippen molar-refractivity contribution in [2.24, 2.45) is 17.8 Å². The van der Waals surface area contributed by atoms with Crippen LogP contribution in [0.3, 0.4) is 0 Å². The second kappa shape index (κ2) is 12.0. The first kappa shape index (κ1) is 21.8. The Morgan fingerprint density at radius 3 is 2.04 bits per heavy atom. The normalized spacial score (nSPS) is 28.4. The van der Waals surface area contributed by atoms with Gasteiger partial charge in [0.05, 0.1) is 0 Å². The Kier molecular flexibility index (Phi) is 9.35. The first-order valence-corrected chi connectivity index (χ1v) is 12.7. The van der Waals surface area contributed by atoms with Gasteiger partial charge in [-0.2, -0.15) is 0 Å². The van der Waals surface area contributed by atoms with Crippen LogP contribution in [0.4, 0.5) is 0 Å². The highest BCUT2D eigenvalue weighted by Crippen LogP contribution is 2.44. The Morgan fingerprint density at radius 2 is 1.43 bits per heavy atom. The molecule has 0 N–H and O–H groups in total. The van der Waals surface area contributed by atoms with E-state index in [-0.39, 0.29) is 0 Å². The molecule has 0 spiro atoms. The van der Waals surface area contributed by atoms with Crippen LogP contribution in [0.2, 0.25) is 0 Å². The van der Waals surface area contributed by atoms with Gasteiger partial charge >= 0.3 is 0 Å². The molecule has 0 radical (unpaired) electrons. The Hall–Kier alpha value is -0.850. The minimum absolute atomic E-state index is 0.728. The molecule has 1 aromatic rings. The van der Waals surface area contributed by atoms with Gasteiger partial charge in [0.15, 0.2) is 0 Å². The standard InChI is InChI=1S/C27H45N/c1-3-5-7-8-10-22-11-14-24(15-12-22)25-16-18-26(19-17-25)27-20-13-23(21-28-27)9-6-4-2/h13,20-22,24-26H,3-12,14-19H2,1-2H3/t22-,24-,25-,26-. The van der Waals surface area contributed by atoms with E-state index in [1.54, 1.807) is 0 Å². The fourth-order valence-electron chi connectivity index (χ4n) is 5.90. The highest BCUT2D eigenvalue weighted by atomic mass is 14.7. The number of rotatable bonds is 10. The molecule has 158 valence electrons. The maximum atomic E-state index is 4.84. The lowest BCUT2D eigenvalue weighted by Crippen LogP contribution is -2.25. The number of hydrogen-bond donors (Lipinski definition) is 0. The topological polar surface area (TPSA) is 12.9 Å². The van der Waals surface area contributed by atoms with Gasteiger partial charge in [0.2, 0.25) is 0 Å². The summed E-state index contributed by atoms with van der Waals surface area (Å²) in [6.45, 7) is 4.58. The van der Waals surface area contributed by atoms with E-state index in [1.165, 1.54) is 114 Å². The van der Waals surface area contributed by atoms with Crippen molar-refractivity contribution in [3.05, 3.63) is 29.6 Å². The maximum Gasteiger partial charge on any atom is 0.0434 e. The van der Waals surface area contributed by atoms with Gasteiger partial charge in [-0.15, -0.1) is 0 Å². The molecular weight excluding hydrogens is 338 g/mol. The van der Waals surface area contributed by atoms with E-state index in [9.17, 15) is 0 Å². The summed E-state index contributed by atoms with van der Waals surface area (Å²) >= 11 is 0. The molecule has 0 aliphatic heterocycles. The smallest absolute Gasteiger partial charge is 0.0434 e. The van der Waals surface area contributed by atoms with Crippen LogP contribution in [0.25, 0.3) is 0 Å². The van der Waals surface area contributed by atoms with E-state index >= 15 is 0 Å². The Labute approximate surface area is 175 Å². The largest absolute Gasteiger partial charge is 0.261 e. The van der Waals surface area contributed by atoms with Crippen molar-refractivity contribution < 1.29 is 0 Å². The predicted molar refractivity (Wildman–Crippen MR) is 122 cm³/mol. The molecule has 1 heteroatoms. The summed E-state index contributed by atoms with van der Waals surface area (Å²) in [5, 5.41) is 0. The van der Waals surface area contributed by atoms with Crippen molar-refractivity contribution in [3.8, 4) is 0 Å². The average molecular weight is 384 g/mol. The summed E-state index contributed by atoms with van der Waals surface area (Å²) < 4.78 is 0. The van der Waals surface area contributed by atoms with Gasteiger partial charge in [0.1, 0.15) is 0 Å². The number of hydrogen-bond acceptors (Lipinski definition) is 1. The zero-order chi connectivity index (χ0) is 19.6. The van der Waals surface area contributed by atoms with Gasteiger partial charge in [-0.25, -0.2) is 0 Å². The van der Waals surface area contributed by atoms with E-state index in [1.807, 2.05) is 0 Å². The molecule has 0 saturated heterocycles. The molecule has 28 heavy (non-hydrogen) atoms. The van der Waals surface area contributed by atoms with Crippen LogP contribution in [0.1, 0.15) is 127 Å². The Bertz CT molecular complexity index is 518. The molecule has 3 rings (SSSR count). The molecule has 0 aromatic carbocycles. The van der Waals surface area contributed by atoms with Crippen LogP contribution < -0.4 is 0 Å². The monoisotopic (exact) mass is 383 g/mol. The van der Waals surface area contributed by atoms with Gasteiger partial charge in [0.25, 0.3) is 0 Å². The lowest BCUT2D eigenvalue weighted by Gasteiger charge is -2.38. The lowest BCUT2D eigenvalue weighted by molar-refractivity contribution is 0.155. The summed E-state index contributed by atoms with van der Waals surface area (Å²) in [4.78, 5) is 4.84. The Morgan fingerprint density at radius 1 is 0.750 bits per heavy atom. The molecule has 0 unspecified atom stereocenters. The summed E-state index contributed by atoms with van der Waals surface area (Å²) in [6, 6.07) is 4.67. The molecule has 0 bridgehead atoms. The van der Waals surface area contributed by atoms with Crippen molar-refractivity contribution in [2.75, 3.05) is 0 Å². The SMILES string of the molecule is CCCCCC[C@H]1CC[C@H]([C@H]2CC[C@H](c3ccc(CCCC)cn3)CC2)CC1. The Balaban J connectivity index is 1.36. The minimum atomic E-state index is 0.728. The zero-order valence-electron chi connectivity index (χ0n) is 18.8. The van der Waals surface area contributed by atoms with Crippen molar-refractivity contribution >= 4 is 0 Å². The fourth-order valence-corrected chi connectivity index (χ4v) is 5.90. The van der Waals surface area contributed by atoms with Crippen LogP contribution in [-0.4, -0.2) is 4.98 Å². The van der Waals surface area contributed by atoms with Crippen LogP contribution in [-0.2, 0) is 6.42 Å². The number of unbranched alkanes of at least 4 members (excludes halogenated alkanes) is 4. The first-order chi connectivity index (χ1) is 13.8. The van der Waals surface area contributed by atoms with E-state index < -0.39 is 0 Å². The zero-order valence-corrected chi connectivity index (χ0v) is 18.8. The predicted octanol–water partition coefficient (Wildman–Crippen LogP) is 8.47. The quantitative estimate of drug-likeness (QED) is 0.369. The highest BCUT2D eigenvalue weighted by molar-refractivity contribution is 5.17. The number of aromatic nitrogens is 1. The van der Waals surface area contributed by atoms with Crippen molar-refractivity contribution in [2.45, 2.75) is 122 Å². The molecule has 2 fully saturated rings. The molecule has 1 aromatic heterocycles. The second-order valence-electron chi connectivity index (χ2n) is 9.94. The summed E-state index contributed by atoms with van der Waals surface area (Å²) in [5.41, 5.74) is 2.79. The van der Waals surface area contributed by atoms with Crippen LogP contribution in [0.5, 0.6) is 0 Å². The van der Waals surface area contributed by atoms with E-state index in [0.717, 1.165) is 23.7 Å². The third-order valence-corrected chi connectivity index (χ3v) is 7.88. The molecule has 1 heterocycles. The highest BCUT2D eigenvalue weighted by Gasteiger charge is 2.31. The second-order valence-corrected chi connectivity index (χ2v) is 9.94. The average Bonchev–Trinajstić information content (AvgIpc) is 2.76. The van der Waals surface area contributed by atoms with Crippen molar-refractivity contribution in [1.29, 1.82) is 0 Å². The van der Waals surface area contributed by atoms with Gasteiger partial charge in [-0.05, 0) is 80.8 Å². The summed E-state index contributed by atoms with van der Waals surface area (Å²) in [7, 11) is 0. The van der Waals surface area contributed by atoms with E-state index in [0.29, 0.717) is 0 Å². The number of nitrogens with zero attached hydrogens (tertiary/aromatic N) is 1. The lowest BCUT2D eigenvalue weighted by atomic mass is 9.68.